The van der Waals surface area contributed by atoms with E-state index in [9.17, 15) is 8.78 Å². The Morgan fingerprint density at radius 2 is 2.08 bits per heavy atom. The van der Waals surface area contributed by atoms with E-state index in [0.717, 1.165) is 3.57 Å². The third-order valence-corrected chi connectivity index (χ3v) is 1.96. The second-order valence-electron chi connectivity index (χ2n) is 2.33. The fourth-order valence-electron chi connectivity index (χ4n) is 0.883. The molecule has 0 fully saturated rings. The maximum absolute atomic E-state index is 11.8. The highest BCUT2D eigenvalue weighted by Crippen LogP contribution is 2.20. The van der Waals surface area contributed by atoms with Crippen LogP contribution in [0.25, 0.3) is 0 Å². The Hall–Kier alpha value is -0.430. The fraction of sp³-hybridized carbons (Fsp3) is 0.250. The van der Waals surface area contributed by atoms with Gasteiger partial charge in [-0.1, -0.05) is 0 Å². The molecule has 1 aromatic rings. The SMILES string of the molecule is OCc1cc(I)cc(OC(F)F)c1. The Morgan fingerprint density at radius 1 is 1.38 bits per heavy atom. The largest absolute Gasteiger partial charge is 0.435 e. The van der Waals surface area contributed by atoms with E-state index in [4.69, 9.17) is 5.11 Å². The van der Waals surface area contributed by atoms with Gasteiger partial charge in [-0.15, -0.1) is 0 Å². The van der Waals surface area contributed by atoms with Crippen LogP contribution in [0.15, 0.2) is 18.2 Å². The number of halogens is 3. The summed E-state index contributed by atoms with van der Waals surface area (Å²) in [6.45, 7) is -3.01. The first kappa shape index (κ1) is 10.6. The zero-order valence-corrected chi connectivity index (χ0v) is 8.66. The number of rotatable bonds is 3. The Morgan fingerprint density at radius 3 is 2.62 bits per heavy atom. The maximum atomic E-state index is 11.8. The highest BCUT2D eigenvalue weighted by atomic mass is 127. The first-order chi connectivity index (χ1) is 6.11. The Labute approximate surface area is 87.7 Å². The van der Waals surface area contributed by atoms with Gasteiger partial charge in [-0.25, -0.2) is 0 Å². The average Bonchev–Trinajstić information content (AvgIpc) is 2.01. The van der Waals surface area contributed by atoms with Crippen LogP contribution in [0.2, 0.25) is 0 Å². The van der Waals surface area contributed by atoms with Crippen LogP contribution in [-0.4, -0.2) is 11.7 Å². The van der Waals surface area contributed by atoms with Crippen molar-refractivity contribution in [1.29, 1.82) is 0 Å². The predicted molar refractivity (Wildman–Crippen MR) is 51.7 cm³/mol. The lowest BCUT2D eigenvalue weighted by Crippen LogP contribution is -2.02. The topological polar surface area (TPSA) is 29.5 Å². The molecule has 0 aliphatic carbocycles. The molecule has 2 nitrogen and oxygen atoms in total. The van der Waals surface area contributed by atoms with Crippen LogP contribution in [0.5, 0.6) is 5.75 Å². The molecule has 72 valence electrons. The number of ether oxygens (including phenoxy) is 1. The van der Waals surface area contributed by atoms with Gasteiger partial charge in [0, 0.05) is 3.57 Å². The molecule has 0 unspecified atom stereocenters. The highest BCUT2D eigenvalue weighted by Gasteiger charge is 2.05. The smallest absolute Gasteiger partial charge is 0.387 e. The standard InChI is InChI=1S/C8H7F2IO2/c9-8(10)13-7-2-5(4-12)1-6(11)3-7/h1-3,8,12H,4H2. The lowest BCUT2D eigenvalue weighted by atomic mass is 10.2. The number of hydrogen-bond donors (Lipinski definition) is 1. The summed E-state index contributed by atoms with van der Waals surface area (Å²) in [6.07, 6.45) is 0. The number of hydrogen-bond acceptors (Lipinski definition) is 2. The van der Waals surface area contributed by atoms with Crippen LogP contribution >= 0.6 is 22.6 Å². The molecular formula is C8H7F2IO2. The minimum atomic E-state index is -2.83. The number of benzene rings is 1. The summed E-state index contributed by atoms with van der Waals surface area (Å²) in [7, 11) is 0. The number of aliphatic hydroxyl groups excluding tert-OH is 1. The van der Waals surface area contributed by atoms with Gasteiger partial charge >= 0.3 is 6.61 Å². The van der Waals surface area contributed by atoms with Gasteiger partial charge in [-0.3, -0.25) is 0 Å². The molecule has 0 heterocycles. The Bertz CT molecular complexity index is 291. The maximum Gasteiger partial charge on any atom is 0.387 e. The van der Waals surface area contributed by atoms with E-state index in [-0.39, 0.29) is 12.4 Å². The molecule has 13 heavy (non-hydrogen) atoms. The molecular weight excluding hydrogens is 293 g/mol. The van der Waals surface area contributed by atoms with Gasteiger partial charge in [-0.05, 0) is 46.4 Å². The summed E-state index contributed by atoms with van der Waals surface area (Å²) < 4.78 is 28.5. The summed E-state index contributed by atoms with van der Waals surface area (Å²) in [5, 5.41) is 8.77. The van der Waals surface area contributed by atoms with Gasteiger partial charge in [-0.2, -0.15) is 8.78 Å². The molecule has 0 aliphatic rings. The van der Waals surface area contributed by atoms with E-state index in [1.165, 1.54) is 12.1 Å². The molecule has 0 aliphatic heterocycles. The molecule has 1 aromatic carbocycles. The monoisotopic (exact) mass is 300 g/mol. The van der Waals surface area contributed by atoms with Crippen molar-refractivity contribution < 1.29 is 18.6 Å². The number of aliphatic hydroxyl groups is 1. The number of alkyl halides is 2. The Kier molecular flexibility index (Phi) is 3.86. The Balaban J connectivity index is 2.88. The van der Waals surface area contributed by atoms with Crippen molar-refractivity contribution in [3.05, 3.63) is 27.3 Å². The van der Waals surface area contributed by atoms with Crippen molar-refractivity contribution in [2.24, 2.45) is 0 Å². The quantitative estimate of drug-likeness (QED) is 0.869. The van der Waals surface area contributed by atoms with Crippen molar-refractivity contribution in [1.82, 2.24) is 0 Å². The van der Waals surface area contributed by atoms with Gasteiger partial charge < -0.3 is 9.84 Å². The summed E-state index contributed by atoms with van der Waals surface area (Å²) >= 11 is 1.97. The summed E-state index contributed by atoms with van der Waals surface area (Å²) in [6, 6.07) is 4.55. The van der Waals surface area contributed by atoms with Crippen LogP contribution < -0.4 is 4.74 Å². The third-order valence-electron chi connectivity index (χ3n) is 1.34. The van der Waals surface area contributed by atoms with Crippen LogP contribution in [0.4, 0.5) is 8.78 Å². The van der Waals surface area contributed by atoms with E-state index < -0.39 is 6.61 Å². The van der Waals surface area contributed by atoms with E-state index in [1.807, 2.05) is 22.6 Å². The molecule has 0 saturated heterocycles. The van der Waals surface area contributed by atoms with E-state index in [0.29, 0.717) is 5.56 Å². The van der Waals surface area contributed by atoms with E-state index in [2.05, 4.69) is 4.74 Å². The summed E-state index contributed by atoms with van der Waals surface area (Å²) in [4.78, 5) is 0. The van der Waals surface area contributed by atoms with Gasteiger partial charge in [0.05, 0.1) is 6.61 Å². The van der Waals surface area contributed by atoms with Crippen molar-refractivity contribution in [2.75, 3.05) is 0 Å². The average molecular weight is 300 g/mol. The molecule has 0 atom stereocenters. The van der Waals surface area contributed by atoms with Crippen molar-refractivity contribution >= 4 is 22.6 Å². The van der Waals surface area contributed by atoms with Gasteiger partial charge in [0.25, 0.3) is 0 Å². The van der Waals surface area contributed by atoms with Crippen molar-refractivity contribution in [3.63, 3.8) is 0 Å². The van der Waals surface area contributed by atoms with Gasteiger partial charge in [0.1, 0.15) is 5.75 Å². The van der Waals surface area contributed by atoms with Gasteiger partial charge in [0.2, 0.25) is 0 Å². The molecule has 0 bridgehead atoms. The first-order valence-electron chi connectivity index (χ1n) is 3.47. The van der Waals surface area contributed by atoms with Crippen molar-refractivity contribution in [2.45, 2.75) is 13.2 Å². The van der Waals surface area contributed by atoms with E-state index >= 15 is 0 Å². The van der Waals surface area contributed by atoms with Gasteiger partial charge in [0.15, 0.2) is 0 Å². The summed E-state index contributed by atoms with van der Waals surface area (Å²) in [5.41, 5.74) is 0.558. The molecule has 0 saturated carbocycles. The molecule has 0 radical (unpaired) electrons. The minimum Gasteiger partial charge on any atom is -0.435 e. The van der Waals surface area contributed by atoms with Crippen LogP contribution in [0.1, 0.15) is 5.56 Å². The second kappa shape index (κ2) is 4.71. The molecule has 5 heteroatoms. The fourth-order valence-corrected chi connectivity index (χ4v) is 1.59. The second-order valence-corrected chi connectivity index (χ2v) is 3.58. The summed E-state index contributed by atoms with van der Waals surface area (Å²) in [5.74, 6) is 0.0750. The third kappa shape index (κ3) is 3.43. The highest BCUT2D eigenvalue weighted by molar-refractivity contribution is 14.1. The van der Waals surface area contributed by atoms with E-state index in [1.54, 1.807) is 6.07 Å². The zero-order valence-electron chi connectivity index (χ0n) is 6.51. The lowest BCUT2D eigenvalue weighted by molar-refractivity contribution is -0.0499. The first-order valence-corrected chi connectivity index (χ1v) is 4.55. The molecule has 0 spiro atoms. The normalized spacial score (nSPS) is 10.5. The molecule has 0 aromatic heterocycles. The molecule has 1 rings (SSSR count). The van der Waals surface area contributed by atoms with Crippen LogP contribution in [0.3, 0.4) is 0 Å². The van der Waals surface area contributed by atoms with Crippen molar-refractivity contribution in [3.8, 4) is 5.75 Å². The molecule has 1 N–H and O–H groups in total. The van der Waals surface area contributed by atoms with Crippen LogP contribution in [0, 0.1) is 3.57 Å². The zero-order chi connectivity index (χ0) is 9.84. The predicted octanol–water partition coefficient (Wildman–Crippen LogP) is 2.38. The lowest BCUT2D eigenvalue weighted by Gasteiger charge is -2.06. The minimum absolute atomic E-state index is 0.0750. The van der Waals surface area contributed by atoms with Crippen LogP contribution in [-0.2, 0) is 6.61 Å². The molecule has 0 amide bonds.